The molecule has 3 heterocycles. The molecule has 1 aromatic heterocycles. The fourth-order valence-corrected chi connectivity index (χ4v) is 6.59. The molecule has 0 aliphatic carbocycles. The Hall–Kier alpha value is -4.08. The molecule has 210 valence electrons. The van der Waals surface area contributed by atoms with Gasteiger partial charge in [0.2, 0.25) is 11.8 Å². The summed E-state index contributed by atoms with van der Waals surface area (Å²) in [5, 5.41) is 4.90. The minimum Gasteiger partial charge on any atom is -0.496 e. The Kier molecular flexibility index (Phi) is 7.80. The third-order valence-electron chi connectivity index (χ3n) is 7.49. The molecule has 0 N–H and O–H groups in total. The Labute approximate surface area is 243 Å². The number of morpholine rings is 1. The standard InChI is InChI=1S/C32H32N4O4S/c1-22-12-14-24(15-13-22)36-32-29(30(33-36)23-8-4-3-5-9-23)31(25-10-6-7-11-26(25)39-2)41-21-28(38)35(32)20-27(37)34-16-18-40-19-17-34/h3-15,31H,16-21H2,1-2H3. The van der Waals surface area contributed by atoms with Gasteiger partial charge in [0.1, 0.15) is 18.1 Å². The van der Waals surface area contributed by atoms with Crippen molar-refractivity contribution in [2.75, 3.05) is 50.6 Å². The first-order valence-corrected chi connectivity index (χ1v) is 14.8. The number of amides is 2. The van der Waals surface area contributed by atoms with E-state index in [0.29, 0.717) is 32.1 Å². The molecule has 41 heavy (non-hydrogen) atoms. The summed E-state index contributed by atoms with van der Waals surface area (Å²) in [6, 6.07) is 26.0. The van der Waals surface area contributed by atoms with Gasteiger partial charge in [-0.3, -0.25) is 14.5 Å². The molecular formula is C32H32N4O4S. The van der Waals surface area contributed by atoms with E-state index in [4.69, 9.17) is 14.6 Å². The number of aryl methyl sites for hydroxylation is 1. The zero-order valence-electron chi connectivity index (χ0n) is 23.2. The largest absolute Gasteiger partial charge is 0.496 e. The lowest BCUT2D eigenvalue weighted by Gasteiger charge is -2.30. The number of rotatable bonds is 6. The summed E-state index contributed by atoms with van der Waals surface area (Å²) in [6.07, 6.45) is 0. The lowest BCUT2D eigenvalue weighted by Crippen LogP contribution is -2.48. The molecule has 8 nitrogen and oxygen atoms in total. The number of carbonyl (C=O) groups is 2. The highest BCUT2D eigenvalue weighted by Crippen LogP contribution is 2.50. The van der Waals surface area contributed by atoms with Gasteiger partial charge in [-0.25, -0.2) is 4.68 Å². The molecule has 0 radical (unpaired) electrons. The van der Waals surface area contributed by atoms with Crippen molar-refractivity contribution in [1.29, 1.82) is 0 Å². The van der Waals surface area contributed by atoms with Crippen molar-refractivity contribution in [2.45, 2.75) is 12.2 Å². The summed E-state index contributed by atoms with van der Waals surface area (Å²) in [5.41, 5.74) is 5.47. The molecule has 0 saturated carbocycles. The van der Waals surface area contributed by atoms with Gasteiger partial charge in [-0.2, -0.15) is 5.10 Å². The van der Waals surface area contributed by atoms with E-state index in [1.165, 1.54) is 11.8 Å². The molecule has 6 rings (SSSR count). The molecule has 2 aliphatic rings. The van der Waals surface area contributed by atoms with Gasteiger partial charge in [0, 0.05) is 29.8 Å². The van der Waals surface area contributed by atoms with Gasteiger partial charge < -0.3 is 14.4 Å². The predicted octanol–water partition coefficient (Wildman–Crippen LogP) is 4.88. The third kappa shape index (κ3) is 5.35. The van der Waals surface area contributed by atoms with Crippen molar-refractivity contribution in [2.24, 2.45) is 0 Å². The van der Waals surface area contributed by atoms with Gasteiger partial charge in [-0.1, -0.05) is 66.2 Å². The van der Waals surface area contributed by atoms with Crippen LogP contribution in [-0.2, 0) is 14.3 Å². The number of anilines is 1. The topological polar surface area (TPSA) is 76.9 Å². The van der Waals surface area contributed by atoms with Crippen molar-refractivity contribution in [3.63, 3.8) is 0 Å². The number of para-hydroxylation sites is 1. The van der Waals surface area contributed by atoms with Crippen LogP contribution in [0.1, 0.15) is 21.9 Å². The smallest absolute Gasteiger partial charge is 0.242 e. The molecule has 2 aliphatic heterocycles. The monoisotopic (exact) mass is 568 g/mol. The number of hydrogen-bond donors (Lipinski definition) is 0. The lowest BCUT2D eigenvalue weighted by molar-refractivity contribution is -0.134. The van der Waals surface area contributed by atoms with Gasteiger partial charge in [-0.15, -0.1) is 11.8 Å². The Balaban J connectivity index is 1.60. The van der Waals surface area contributed by atoms with Gasteiger partial charge in [0.15, 0.2) is 0 Å². The molecule has 1 saturated heterocycles. The Morgan fingerprint density at radius 3 is 2.44 bits per heavy atom. The second-order valence-corrected chi connectivity index (χ2v) is 11.2. The Bertz CT molecular complexity index is 1550. The third-order valence-corrected chi connectivity index (χ3v) is 8.73. The van der Waals surface area contributed by atoms with Gasteiger partial charge >= 0.3 is 0 Å². The highest BCUT2D eigenvalue weighted by Gasteiger charge is 2.39. The first kappa shape index (κ1) is 27.1. The summed E-state index contributed by atoms with van der Waals surface area (Å²) in [5.74, 6) is 1.31. The molecule has 1 unspecified atom stereocenters. The maximum Gasteiger partial charge on any atom is 0.242 e. The number of nitrogens with zero attached hydrogens (tertiary/aromatic N) is 4. The molecule has 9 heteroatoms. The van der Waals surface area contributed by atoms with E-state index in [9.17, 15) is 9.59 Å². The number of thioether (sulfide) groups is 1. The zero-order chi connectivity index (χ0) is 28.3. The van der Waals surface area contributed by atoms with Crippen LogP contribution in [0, 0.1) is 6.92 Å². The molecule has 3 aromatic carbocycles. The highest BCUT2D eigenvalue weighted by molar-refractivity contribution is 8.00. The summed E-state index contributed by atoms with van der Waals surface area (Å²) in [7, 11) is 1.66. The SMILES string of the molecule is COc1ccccc1C1SCC(=O)N(CC(=O)N2CCOCC2)c2c1c(-c1ccccc1)nn2-c1ccc(C)cc1. The van der Waals surface area contributed by atoms with Crippen LogP contribution in [0.3, 0.4) is 0 Å². The van der Waals surface area contributed by atoms with Gasteiger partial charge in [0.05, 0.1) is 42.7 Å². The van der Waals surface area contributed by atoms with E-state index < -0.39 is 0 Å². The summed E-state index contributed by atoms with van der Waals surface area (Å²) >= 11 is 1.53. The molecule has 2 amide bonds. The Morgan fingerprint density at radius 2 is 1.71 bits per heavy atom. The van der Waals surface area contributed by atoms with Crippen LogP contribution >= 0.6 is 11.8 Å². The molecule has 1 atom stereocenters. The van der Waals surface area contributed by atoms with E-state index in [2.05, 4.69) is 0 Å². The number of carbonyl (C=O) groups excluding carboxylic acids is 2. The summed E-state index contributed by atoms with van der Waals surface area (Å²) in [4.78, 5) is 30.9. The van der Waals surface area contributed by atoms with E-state index in [0.717, 1.165) is 39.4 Å². The lowest BCUT2D eigenvalue weighted by atomic mass is 9.99. The van der Waals surface area contributed by atoms with E-state index in [1.807, 2.05) is 90.5 Å². The predicted molar refractivity (Wildman–Crippen MR) is 161 cm³/mol. The van der Waals surface area contributed by atoms with Crippen molar-refractivity contribution < 1.29 is 19.1 Å². The fourth-order valence-electron chi connectivity index (χ4n) is 5.37. The van der Waals surface area contributed by atoms with Crippen LogP contribution in [0.5, 0.6) is 5.75 Å². The Morgan fingerprint density at radius 1 is 1.00 bits per heavy atom. The second-order valence-electron chi connectivity index (χ2n) is 10.1. The second kappa shape index (κ2) is 11.8. The van der Waals surface area contributed by atoms with Crippen molar-refractivity contribution in [3.8, 4) is 22.7 Å². The fraction of sp³-hybridized carbons (Fsp3) is 0.281. The number of hydrogen-bond acceptors (Lipinski definition) is 6. The quantitative estimate of drug-likeness (QED) is 0.330. The van der Waals surface area contributed by atoms with Crippen LogP contribution < -0.4 is 9.64 Å². The van der Waals surface area contributed by atoms with E-state index >= 15 is 0 Å². The number of methoxy groups -OCH3 is 1. The summed E-state index contributed by atoms with van der Waals surface area (Å²) < 4.78 is 13.1. The number of aromatic nitrogens is 2. The maximum absolute atomic E-state index is 13.9. The number of fused-ring (bicyclic) bond motifs is 1. The van der Waals surface area contributed by atoms with Crippen LogP contribution in [0.15, 0.2) is 78.9 Å². The van der Waals surface area contributed by atoms with E-state index in [1.54, 1.807) is 16.9 Å². The zero-order valence-corrected chi connectivity index (χ0v) is 24.0. The van der Waals surface area contributed by atoms with Crippen LogP contribution in [0.2, 0.25) is 0 Å². The first-order valence-electron chi connectivity index (χ1n) is 13.7. The minimum atomic E-state index is -0.261. The maximum atomic E-state index is 13.9. The van der Waals surface area contributed by atoms with Crippen LogP contribution in [0.4, 0.5) is 5.82 Å². The van der Waals surface area contributed by atoms with Crippen LogP contribution in [-0.4, -0.2) is 72.2 Å². The molecule has 0 spiro atoms. The highest BCUT2D eigenvalue weighted by atomic mass is 32.2. The van der Waals surface area contributed by atoms with E-state index in [-0.39, 0.29) is 29.4 Å². The normalized spacial score (nSPS) is 17.2. The minimum absolute atomic E-state index is 0.0726. The average molecular weight is 569 g/mol. The summed E-state index contributed by atoms with van der Waals surface area (Å²) in [6.45, 7) is 3.98. The molecule has 1 fully saturated rings. The van der Waals surface area contributed by atoms with Crippen molar-refractivity contribution >= 4 is 29.4 Å². The van der Waals surface area contributed by atoms with Gasteiger partial charge in [0.25, 0.3) is 0 Å². The first-order chi connectivity index (χ1) is 20.0. The van der Waals surface area contributed by atoms with Gasteiger partial charge in [-0.05, 0) is 25.1 Å². The van der Waals surface area contributed by atoms with Crippen LogP contribution in [0.25, 0.3) is 16.9 Å². The molecule has 0 bridgehead atoms. The molecular weight excluding hydrogens is 536 g/mol. The number of ether oxygens (including phenoxy) is 2. The van der Waals surface area contributed by atoms with Crippen molar-refractivity contribution in [1.82, 2.24) is 14.7 Å². The number of benzene rings is 3. The average Bonchev–Trinajstić information content (AvgIpc) is 3.34. The van der Waals surface area contributed by atoms with Crippen molar-refractivity contribution in [3.05, 3.63) is 95.6 Å². The molecule has 4 aromatic rings.